The molecule has 0 saturated carbocycles. The lowest BCUT2D eigenvalue weighted by Crippen LogP contribution is -2.30. The summed E-state index contributed by atoms with van der Waals surface area (Å²) in [6.45, 7) is 3.90. The van der Waals surface area contributed by atoms with Crippen LogP contribution in [0.3, 0.4) is 0 Å². The van der Waals surface area contributed by atoms with Gasteiger partial charge < -0.3 is 10.1 Å². The monoisotopic (exact) mass is 220 g/mol. The number of hydrogen-bond acceptors (Lipinski definition) is 3. The number of aromatic nitrogens is 1. The lowest BCUT2D eigenvalue weighted by molar-refractivity contribution is 0.103. The molecule has 1 fully saturated rings. The lowest BCUT2D eigenvalue weighted by atomic mass is 9.97. The lowest BCUT2D eigenvalue weighted by Gasteiger charge is -2.22. The van der Waals surface area contributed by atoms with E-state index in [1.54, 1.807) is 6.20 Å². The number of pyridine rings is 1. The molecule has 0 spiro atoms. The van der Waals surface area contributed by atoms with E-state index in [9.17, 15) is 0 Å². The number of hydrogen-bond donors (Lipinski definition) is 1. The number of piperidine rings is 1. The largest absolute Gasteiger partial charge is 0.377 e. The maximum atomic E-state index is 5.65. The molecule has 0 radical (unpaired) electrons. The number of nitrogens with one attached hydrogen (secondary N) is 1. The van der Waals surface area contributed by atoms with Crippen LogP contribution in [0.25, 0.3) is 0 Å². The van der Waals surface area contributed by atoms with Crippen LogP contribution in [0.4, 0.5) is 0 Å². The quantitative estimate of drug-likeness (QED) is 0.771. The molecule has 1 aliphatic heterocycles. The average Bonchev–Trinajstić information content (AvgIpc) is 2.37. The van der Waals surface area contributed by atoms with Crippen LogP contribution in [-0.4, -0.2) is 24.7 Å². The van der Waals surface area contributed by atoms with Crippen molar-refractivity contribution in [1.82, 2.24) is 10.3 Å². The summed E-state index contributed by atoms with van der Waals surface area (Å²) >= 11 is 0. The van der Waals surface area contributed by atoms with Gasteiger partial charge in [-0.15, -0.1) is 0 Å². The van der Waals surface area contributed by atoms with Crippen molar-refractivity contribution in [2.45, 2.75) is 25.9 Å². The van der Waals surface area contributed by atoms with Gasteiger partial charge in [-0.25, -0.2) is 0 Å². The van der Waals surface area contributed by atoms with Gasteiger partial charge in [-0.3, -0.25) is 4.98 Å². The molecule has 2 heterocycles. The standard InChI is InChI=1S/C13H20N2O/c1-3-12(9-14-6-1)5-8-16-11-13-4-2-7-15-10-13/h2,4,7,10,12,14H,1,3,5-6,8-9,11H2/t12-/m1/s1. The fourth-order valence-corrected chi connectivity index (χ4v) is 2.09. The summed E-state index contributed by atoms with van der Waals surface area (Å²) < 4.78 is 5.65. The molecule has 1 aromatic rings. The van der Waals surface area contributed by atoms with Crippen LogP contribution in [0.1, 0.15) is 24.8 Å². The van der Waals surface area contributed by atoms with E-state index in [2.05, 4.69) is 16.4 Å². The van der Waals surface area contributed by atoms with Crippen molar-refractivity contribution in [2.75, 3.05) is 19.7 Å². The van der Waals surface area contributed by atoms with Crippen LogP contribution >= 0.6 is 0 Å². The third kappa shape index (κ3) is 3.91. The van der Waals surface area contributed by atoms with E-state index >= 15 is 0 Å². The van der Waals surface area contributed by atoms with Gasteiger partial charge >= 0.3 is 0 Å². The van der Waals surface area contributed by atoms with Gasteiger partial charge in [0.05, 0.1) is 6.61 Å². The molecule has 0 aromatic carbocycles. The zero-order valence-corrected chi connectivity index (χ0v) is 9.69. The molecular formula is C13H20N2O. The first-order valence-electron chi connectivity index (χ1n) is 6.12. The Balaban J connectivity index is 1.58. The van der Waals surface area contributed by atoms with Crippen LogP contribution in [-0.2, 0) is 11.3 Å². The van der Waals surface area contributed by atoms with E-state index in [0.717, 1.165) is 24.6 Å². The molecule has 1 aliphatic rings. The Morgan fingerprint density at radius 1 is 1.50 bits per heavy atom. The third-order valence-electron chi connectivity index (χ3n) is 3.06. The van der Waals surface area contributed by atoms with Crippen molar-refractivity contribution in [3.8, 4) is 0 Å². The Morgan fingerprint density at radius 2 is 2.50 bits per heavy atom. The van der Waals surface area contributed by atoms with E-state index in [0.29, 0.717) is 6.61 Å². The first-order valence-corrected chi connectivity index (χ1v) is 6.12. The normalized spacial score (nSPS) is 20.9. The highest BCUT2D eigenvalue weighted by Gasteiger charge is 2.11. The van der Waals surface area contributed by atoms with E-state index in [-0.39, 0.29) is 0 Å². The van der Waals surface area contributed by atoms with Crippen LogP contribution in [0.15, 0.2) is 24.5 Å². The van der Waals surface area contributed by atoms with Gasteiger partial charge in [0.2, 0.25) is 0 Å². The Morgan fingerprint density at radius 3 is 3.25 bits per heavy atom. The molecular weight excluding hydrogens is 200 g/mol. The van der Waals surface area contributed by atoms with E-state index in [4.69, 9.17) is 4.74 Å². The summed E-state index contributed by atoms with van der Waals surface area (Å²) in [6.07, 6.45) is 7.49. The maximum absolute atomic E-state index is 5.65. The van der Waals surface area contributed by atoms with Gasteiger partial charge in [0.15, 0.2) is 0 Å². The predicted molar refractivity (Wildman–Crippen MR) is 64.1 cm³/mol. The molecule has 3 nitrogen and oxygen atoms in total. The Labute approximate surface area is 97.2 Å². The van der Waals surface area contributed by atoms with Crippen molar-refractivity contribution >= 4 is 0 Å². The summed E-state index contributed by atoms with van der Waals surface area (Å²) in [7, 11) is 0. The van der Waals surface area contributed by atoms with Crippen LogP contribution in [0.5, 0.6) is 0 Å². The second-order valence-electron chi connectivity index (χ2n) is 4.41. The van der Waals surface area contributed by atoms with Crippen molar-refractivity contribution < 1.29 is 4.74 Å². The summed E-state index contributed by atoms with van der Waals surface area (Å²) in [5, 5.41) is 3.43. The summed E-state index contributed by atoms with van der Waals surface area (Å²) in [5.41, 5.74) is 1.16. The zero-order chi connectivity index (χ0) is 11.1. The van der Waals surface area contributed by atoms with Gasteiger partial charge in [0.1, 0.15) is 0 Å². The van der Waals surface area contributed by atoms with Gasteiger partial charge in [-0.05, 0) is 49.9 Å². The number of rotatable bonds is 5. The predicted octanol–water partition coefficient (Wildman–Crippen LogP) is 1.99. The molecule has 0 unspecified atom stereocenters. The molecule has 0 aliphatic carbocycles. The highest BCUT2D eigenvalue weighted by molar-refractivity contribution is 5.06. The molecule has 1 atom stereocenters. The van der Waals surface area contributed by atoms with Gasteiger partial charge in [0, 0.05) is 19.0 Å². The third-order valence-corrected chi connectivity index (χ3v) is 3.06. The minimum atomic E-state index is 0.688. The van der Waals surface area contributed by atoms with Crippen molar-refractivity contribution in [2.24, 2.45) is 5.92 Å². The molecule has 1 saturated heterocycles. The van der Waals surface area contributed by atoms with Gasteiger partial charge in [-0.1, -0.05) is 6.07 Å². The molecule has 2 rings (SSSR count). The van der Waals surface area contributed by atoms with Gasteiger partial charge in [-0.2, -0.15) is 0 Å². The maximum Gasteiger partial charge on any atom is 0.0731 e. The molecule has 0 bridgehead atoms. The summed E-state index contributed by atoms with van der Waals surface area (Å²) in [6, 6.07) is 4.00. The Kier molecular flexibility index (Phi) is 4.77. The van der Waals surface area contributed by atoms with E-state index in [1.165, 1.54) is 25.8 Å². The van der Waals surface area contributed by atoms with E-state index < -0.39 is 0 Å². The zero-order valence-electron chi connectivity index (χ0n) is 9.69. The molecule has 3 heteroatoms. The van der Waals surface area contributed by atoms with Crippen molar-refractivity contribution in [3.63, 3.8) is 0 Å². The number of ether oxygens (including phenoxy) is 1. The van der Waals surface area contributed by atoms with Crippen LogP contribution in [0.2, 0.25) is 0 Å². The molecule has 16 heavy (non-hydrogen) atoms. The average molecular weight is 220 g/mol. The smallest absolute Gasteiger partial charge is 0.0731 e. The summed E-state index contributed by atoms with van der Waals surface area (Å²) in [4.78, 5) is 4.06. The Hall–Kier alpha value is -0.930. The van der Waals surface area contributed by atoms with Crippen LogP contribution in [0, 0.1) is 5.92 Å². The Bertz CT molecular complexity index is 283. The molecule has 0 amide bonds. The summed E-state index contributed by atoms with van der Waals surface area (Å²) in [5.74, 6) is 0.808. The fourth-order valence-electron chi connectivity index (χ4n) is 2.09. The topological polar surface area (TPSA) is 34.1 Å². The molecule has 1 N–H and O–H groups in total. The van der Waals surface area contributed by atoms with E-state index in [1.807, 2.05) is 12.3 Å². The molecule has 1 aromatic heterocycles. The second-order valence-corrected chi connectivity index (χ2v) is 4.41. The second kappa shape index (κ2) is 6.61. The number of nitrogens with zero attached hydrogens (tertiary/aromatic N) is 1. The SMILES string of the molecule is c1cncc(COCC[C@H]2CCCNC2)c1. The van der Waals surface area contributed by atoms with Gasteiger partial charge in [0.25, 0.3) is 0 Å². The van der Waals surface area contributed by atoms with Crippen LogP contribution < -0.4 is 5.32 Å². The minimum Gasteiger partial charge on any atom is -0.377 e. The molecule has 88 valence electrons. The first kappa shape index (κ1) is 11.6. The minimum absolute atomic E-state index is 0.688. The fraction of sp³-hybridized carbons (Fsp3) is 0.615. The first-order chi connectivity index (χ1) is 7.95. The van der Waals surface area contributed by atoms with Crippen molar-refractivity contribution in [3.05, 3.63) is 30.1 Å². The highest BCUT2D eigenvalue weighted by Crippen LogP contribution is 2.14. The highest BCUT2D eigenvalue weighted by atomic mass is 16.5. The van der Waals surface area contributed by atoms with Crippen molar-refractivity contribution in [1.29, 1.82) is 0 Å².